The highest BCUT2D eigenvalue weighted by Crippen LogP contribution is 2.36. The zero-order valence-electron chi connectivity index (χ0n) is 24.1. The molecule has 44 heavy (non-hydrogen) atoms. The zero-order valence-corrected chi connectivity index (χ0v) is 24.8. The number of halogens is 4. The Bertz CT molecular complexity index is 1910. The number of carbonyl (C=O) groups is 2. The van der Waals surface area contributed by atoms with E-state index in [4.69, 9.17) is 17.3 Å². The largest absolute Gasteiger partial charge is 0.504 e. The van der Waals surface area contributed by atoms with Crippen molar-refractivity contribution in [2.24, 2.45) is 12.8 Å². The molecule has 1 aliphatic rings. The van der Waals surface area contributed by atoms with Gasteiger partial charge in [-0.15, -0.1) is 0 Å². The van der Waals surface area contributed by atoms with Gasteiger partial charge >= 0.3 is 0 Å². The first-order valence-corrected chi connectivity index (χ1v) is 13.8. The second kappa shape index (κ2) is 11.5. The number of pyridine rings is 1. The third kappa shape index (κ3) is 5.32. The van der Waals surface area contributed by atoms with E-state index in [0.717, 1.165) is 19.2 Å². The zero-order chi connectivity index (χ0) is 32.2. The fourth-order valence-electron chi connectivity index (χ4n) is 5.29. The number of likely N-dealkylation sites (N-methyl/N-ethyl adjacent to an activating group) is 1. The molecule has 0 spiro atoms. The molecule has 1 fully saturated rings. The molecule has 1 aromatic carbocycles. The number of fused-ring (bicyclic) bond motifs is 1. The Morgan fingerprint density at radius 3 is 2.50 bits per heavy atom. The Kier molecular flexibility index (Phi) is 8.03. The van der Waals surface area contributed by atoms with E-state index in [0.29, 0.717) is 6.54 Å². The predicted molar refractivity (Wildman–Crippen MR) is 157 cm³/mol. The van der Waals surface area contributed by atoms with Gasteiger partial charge in [0.25, 0.3) is 11.5 Å². The molecule has 4 heterocycles. The number of phenols is 1. The van der Waals surface area contributed by atoms with E-state index >= 15 is 4.39 Å². The highest BCUT2D eigenvalue weighted by atomic mass is 35.5. The van der Waals surface area contributed by atoms with Crippen LogP contribution >= 0.6 is 11.6 Å². The molecule has 1 aliphatic heterocycles. The molecule has 3 aromatic heterocycles. The SMILES string of the molecule is Cc1nc2c(c(-c3cc(C(N)=O)c(O)c(F)c3F)cn2CC(=O)Nc2cc(N3CCN(C)C[C@@H]3C)nc(F)c2Cl)c(=O)n1C. The van der Waals surface area contributed by atoms with Gasteiger partial charge in [-0.2, -0.15) is 8.78 Å². The number of rotatable bonds is 6. The van der Waals surface area contributed by atoms with E-state index in [1.807, 2.05) is 18.9 Å². The molecule has 5 rings (SSSR count). The van der Waals surface area contributed by atoms with Crippen LogP contribution in [-0.2, 0) is 18.4 Å². The molecule has 1 atom stereocenters. The van der Waals surface area contributed by atoms with Gasteiger partial charge in [-0.1, -0.05) is 11.6 Å². The van der Waals surface area contributed by atoms with E-state index in [1.54, 1.807) is 0 Å². The minimum atomic E-state index is -1.74. The lowest BCUT2D eigenvalue weighted by Crippen LogP contribution is -2.50. The number of aromatic hydroxyl groups is 1. The van der Waals surface area contributed by atoms with Crippen molar-refractivity contribution in [2.45, 2.75) is 26.4 Å². The number of amides is 2. The van der Waals surface area contributed by atoms with Crippen molar-refractivity contribution in [1.29, 1.82) is 0 Å². The van der Waals surface area contributed by atoms with E-state index < -0.39 is 63.4 Å². The van der Waals surface area contributed by atoms with Gasteiger partial charge in [-0.3, -0.25) is 19.0 Å². The normalized spacial score (nSPS) is 15.6. The minimum Gasteiger partial charge on any atom is -0.504 e. The summed E-state index contributed by atoms with van der Waals surface area (Å²) in [5.41, 5.74) is 3.00. The Morgan fingerprint density at radius 2 is 1.84 bits per heavy atom. The fourth-order valence-corrected chi connectivity index (χ4v) is 5.44. The van der Waals surface area contributed by atoms with Crippen LogP contribution in [0.1, 0.15) is 23.1 Å². The average molecular weight is 633 g/mol. The number of piperazine rings is 1. The van der Waals surface area contributed by atoms with Crippen molar-refractivity contribution in [3.8, 4) is 16.9 Å². The van der Waals surface area contributed by atoms with Crippen molar-refractivity contribution in [2.75, 3.05) is 36.9 Å². The van der Waals surface area contributed by atoms with Crippen molar-refractivity contribution in [1.82, 2.24) is 24.0 Å². The van der Waals surface area contributed by atoms with Crippen LogP contribution in [0.25, 0.3) is 22.2 Å². The number of nitrogens with two attached hydrogens (primary N) is 1. The number of benzene rings is 1. The molecule has 12 nitrogen and oxygen atoms in total. The van der Waals surface area contributed by atoms with Crippen molar-refractivity contribution < 1.29 is 27.9 Å². The maximum Gasteiger partial charge on any atom is 0.263 e. The fraction of sp³-hybridized carbons (Fsp3) is 0.321. The second-order valence-corrected chi connectivity index (χ2v) is 11.1. The third-order valence-electron chi connectivity index (χ3n) is 7.67. The van der Waals surface area contributed by atoms with Gasteiger partial charge in [0, 0.05) is 56.1 Å². The van der Waals surface area contributed by atoms with Gasteiger partial charge in [0.15, 0.2) is 11.6 Å². The van der Waals surface area contributed by atoms with Crippen molar-refractivity contribution in [3.63, 3.8) is 0 Å². The summed E-state index contributed by atoms with van der Waals surface area (Å²) in [5.74, 6) is -6.98. The van der Waals surface area contributed by atoms with E-state index in [2.05, 4.69) is 20.2 Å². The Balaban J connectivity index is 1.56. The van der Waals surface area contributed by atoms with Crippen LogP contribution in [0, 0.1) is 24.5 Å². The number of hydrogen-bond donors (Lipinski definition) is 3. The summed E-state index contributed by atoms with van der Waals surface area (Å²) in [6.45, 7) is 4.99. The Hall–Kier alpha value is -4.63. The van der Waals surface area contributed by atoms with Crippen LogP contribution in [0.3, 0.4) is 0 Å². The molecular formula is C28H28ClF3N8O4. The van der Waals surface area contributed by atoms with Crippen molar-refractivity contribution >= 4 is 46.0 Å². The molecule has 1 saturated heterocycles. The monoisotopic (exact) mass is 632 g/mol. The summed E-state index contributed by atoms with van der Waals surface area (Å²) in [6, 6.07) is 2.28. The van der Waals surface area contributed by atoms with Gasteiger partial charge in [0.2, 0.25) is 17.7 Å². The molecule has 0 bridgehead atoms. The predicted octanol–water partition coefficient (Wildman–Crippen LogP) is 2.76. The highest BCUT2D eigenvalue weighted by Gasteiger charge is 2.28. The van der Waals surface area contributed by atoms with Crippen LogP contribution in [-0.4, -0.2) is 73.6 Å². The van der Waals surface area contributed by atoms with Gasteiger partial charge in [-0.25, -0.2) is 14.4 Å². The van der Waals surface area contributed by atoms with Gasteiger partial charge in [0.1, 0.15) is 28.9 Å². The first-order valence-electron chi connectivity index (χ1n) is 13.4. The summed E-state index contributed by atoms with van der Waals surface area (Å²) in [4.78, 5) is 50.8. The maximum atomic E-state index is 15.1. The number of carbonyl (C=O) groups excluding carboxylic acids is 2. The summed E-state index contributed by atoms with van der Waals surface area (Å²) in [7, 11) is 3.39. The van der Waals surface area contributed by atoms with E-state index in [-0.39, 0.29) is 40.0 Å². The minimum absolute atomic E-state index is 0.00664. The molecular weight excluding hydrogens is 605 g/mol. The van der Waals surface area contributed by atoms with Crippen LogP contribution in [0.15, 0.2) is 23.1 Å². The lowest BCUT2D eigenvalue weighted by atomic mass is 10.0. The Morgan fingerprint density at radius 1 is 1.14 bits per heavy atom. The lowest BCUT2D eigenvalue weighted by molar-refractivity contribution is -0.116. The van der Waals surface area contributed by atoms with Crippen LogP contribution < -0.4 is 21.5 Å². The molecule has 16 heteroatoms. The average Bonchev–Trinajstić information content (AvgIpc) is 3.30. The highest BCUT2D eigenvalue weighted by molar-refractivity contribution is 6.33. The number of anilines is 2. The maximum absolute atomic E-state index is 15.1. The molecule has 4 aromatic rings. The van der Waals surface area contributed by atoms with Crippen molar-refractivity contribution in [3.05, 3.63) is 62.7 Å². The number of aryl methyl sites for hydroxylation is 1. The molecule has 0 saturated carbocycles. The van der Waals surface area contributed by atoms with E-state index in [1.165, 1.54) is 35.4 Å². The number of aromatic nitrogens is 4. The Labute approximate surface area is 253 Å². The molecule has 232 valence electrons. The first-order chi connectivity index (χ1) is 20.7. The molecule has 0 radical (unpaired) electrons. The molecule has 2 amide bonds. The second-order valence-electron chi connectivity index (χ2n) is 10.7. The number of hydrogen-bond acceptors (Lipinski definition) is 8. The number of nitrogens with zero attached hydrogens (tertiary/aromatic N) is 6. The van der Waals surface area contributed by atoms with Gasteiger partial charge in [-0.05, 0) is 27.0 Å². The first kappa shape index (κ1) is 30.8. The van der Waals surface area contributed by atoms with Crippen LogP contribution in [0.2, 0.25) is 5.02 Å². The topological polar surface area (TPSA) is 152 Å². The summed E-state index contributed by atoms with van der Waals surface area (Å²) in [5, 5.41) is 11.9. The van der Waals surface area contributed by atoms with Crippen LogP contribution in [0.5, 0.6) is 5.75 Å². The number of nitrogens with one attached hydrogen (secondary N) is 1. The standard InChI is InChI=1S/C28H28ClF3N8O4/c1-12-9-37(3)5-6-40(12)18-8-17(21(29)25(32)36-18)35-19(41)11-39-10-16(20-27(39)34-13(2)38(4)28(20)44)14-7-15(26(33)43)24(42)23(31)22(14)30/h7-8,10,12,42H,5-6,9,11H2,1-4H3,(H2,33,43)(H,35,36,41)/t12-/m0/s1. The lowest BCUT2D eigenvalue weighted by Gasteiger charge is -2.39. The molecule has 0 aliphatic carbocycles. The molecule has 0 unspecified atom stereocenters. The van der Waals surface area contributed by atoms with Crippen LogP contribution in [0.4, 0.5) is 24.7 Å². The summed E-state index contributed by atoms with van der Waals surface area (Å²) in [6.07, 6.45) is 1.18. The summed E-state index contributed by atoms with van der Waals surface area (Å²) >= 11 is 6.16. The third-order valence-corrected chi connectivity index (χ3v) is 8.03. The van der Waals surface area contributed by atoms with Gasteiger partial charge in [0.05, 0.1) is 16.6 Å². The molecule has 4 N–H and O–H groups in total. The summed E-state index contributed by atoms with van der Waals surface area (Å²) < 4.78 is 46.9. The number of primary amides is 1. The van der Waals surface area contributed by atoms with E-state index in [9.17, 15) is 28.3 Å². The van der Waals surface area contributed by atoms with Gasteiger partial charge < -0.3 is 30.5 Å². The smallest absolute Gasteiger partial charge is 0.263 e. The quantitative estimate of drug-likeness (QED) is 0.275.